The van der Waals surface area contributed by atoms with E-state index in [1.54, 1.807) is 26.0 Å². The first-order valence-corrected chi connectivity index (χ1v) is 9.12. The fraction of sp³-hybridized carbons (Fsp3) is 0.227. The molecule has 1 unspecified atom stereocenters. The molecule has 30 heavy (non-hydrogen) atoms. The highest BCUT2D eigenvalue weighted by Crippen LogP contribution is 2.36. The lowest BCUT2D eigenvalue weighted by Crippen LogP contribution is -2.43. The lowest BCUT2D eigenvalue weighted by molar-refractivity contribution is -0.141. The van der Waals surface area contributed by atoms with Crippen LogP contribution in [-0.4, -0.2) is 29.9 Å². The Hall–Kier alpha value is -3.55. The summed E-state index contributed by atoms with van der Waals surface area (Å²) in [5.74, 6) is -2.63. The lowest BCUT2D eigenvalue weighted by atomic mass is 9.94. The summed E-state index contributed by atoms with van der Waals surface area (Å²) in [5, 5.41) is 0. The number of carbonyl (C=O) groups excluding carboxylic acids is 2. The van der Waals surface area contributed by atoms with E-state index in [1.807, 2.05) is 18.2 Å². The van der Waals surface area contributed by atoms with Crippen LogP contribution in [0.1, 0.15) is 31.0 Å². The number of allylic oxidation sites excluding steroid dienone is 1. The molecule has 2 aromatic rings. The van der Waals surface area contributed by atoms with Crippen LogP contribution < -0.4 is 0 Å². The summed E-state index contributed by atoms with van der Waals surface area (Å²) >= 11 is 0. The zero-order chi connectivity index (χ0) is 21.8. The number of halogens is 2. The maximum absolute atomic E-state index is 14.0. The predicted molar refractivity (Wildman–Crippen MR) is 105 cm³/mol. The largest absolute Gasteiger partial charge is 0.457 e. The van der Waals surface area contributed by atoms with Gasteiger partial charge in [0.1, 0.15) is 18.5 Å². The molecule has 0 spiro atoms. The van der Waals surface area contributed by atoms with Crippen molar-refractivity contribution in [3.05, 3.63) is 82.6 Å². The smallest absolute Gasteiger partial charge is 0.415 e. The Morgan fingerprint density at radius 2 is 1.77 bits per heavy atom. The summed E-state index contributed by atoms with van der Waals surface area (Å²) in [4.78, 5) is 30.8. The molecule has 2 aromatic carbocycles. The highest BCUT2D eigenvalue weighted by atomic mass is 19.2. The van der Waals surface area contributed by atoms with Gasteiger partial charge in [0.05, 0.1) is 18.4 Å². The van der Waals surface area contributed by atoms with Crippen molar-refractivity contribution in [2.75, 3.05) is 7.11 Å². The molecule has 0 saturated carbocycles. The number of aliphatic imine (C=N–C) groups is 1. The van der Waals surface area contributed by atoms with Gasteiger partial charge in [0.25, 0.3) is 0 Å². The molecule has 0 saturated heterocycles. The number of ether oxygens (including phenoxy) is 2. The van der Waals surface area contributed by atoms with Crippen molar-refractivity contribution in [1.82, 2.24) is 4.90 Å². The maximum Gasteiger partial charge on any atom is 0.415 e. The molecule has 8 heteroatoms. The Morgan fingerprint density at radius 3 is 2.40 bits per heavy atom. The molecule has 0 fully saturated rings. The van der Waals surface area contributed by atoms with Crippen LogP contribution in [0.5, 0.6) is 0 Å². The molecule has 6 nitrogen and oxygen atoms in total. The van der Waals surface area contributed by atoms with Crippen LogP contribution in [0.3, 0.4) is 0 Å². The number of benzene rings is 2. The average Bonchev–Trinajstić information content (AvgIpc) is 2.73. The van der Waals surface area contributed by atoms with Crippen LogP contribution in [0.15, 0.2) is 64.8 Å². The van der Waals surface area contributed by atoms with Gasteiger partial charge in [0.15, 0.2) is 11.6 Å². The van der Waals surface area contributed by atoms with Crippen LogP contribution in [0.2, 0.25) is 0 Å². The molecule has 1 aliphatic rings. The predicted octanol–water partition coefficient (Wildman–Crippen LogP) is 4.52. The molecule has 0 aromatic heterocycles. The van der Waals surface area contributed by atoms with E-state index in [1.165, 1.54) is 13.2 Å². The van der Waals surface area contributed by atoms with Gasteiger partial charge in [0.2, 0.25) is 0 Å². The van der Waals surface area contributed by atoms with Gasteiger partial charge in [-0.05, 0) is 37.1 Å². The number of rotatable bonds is 4. The molecular weight excluding hydrogens is 394 g/mol. The summed E-state index contributed by atoms with van der Waals surface area (Å²) in [7, 11) is 1.18. The molecule has 0 N–H and O–H groups in total. The van der Waals surface area contributed by atoms with Gasteiger partial charge in [-0.3, -0.25) is 4.90 Å². The summed E-state index contributed by atoms with van der Waals surface area (Å²) in [5.41, 5.74) is 1.29. The summed E-state index contributed by atoms with van der Waals surface area (Å²) in [6, 6.07) is 11.1. The van der Waals surface area contributed by atoms with Crippen LogP contribution >= 0.6 is 0 Å². The number of amides is 1. The van der Waals surface area contributed by atoms with Crippen molar-refractivity contribution in [1.29, 1.82) is 0 Å². The Morgan fingerprint density at radius 1 is 1.07 bits per heavy atom. The first-order chi connectivity index (χ1) is 14.3. The fourth-order valence-electron chi connectivity index (χ4n) is 3.26. The van der Waals surface area contributed by atoms with E-state index in [4.69, 9.17) is 9.47 Å². The number of carbonyl (C=O) groups is 2. The van der Waals surface area contributed by atoms with Gasteiger partial charge in [-0.2, -0.15) is 0 Å². The number of methoxy groups -OCH3 is 1. The Kier molecular flexibility index (Phi) is 6.25. The Balaban J connectivity index is 2.03. The van der Waals surface area contributed by atoms with Crippen molar-refractivity contribution in [3.8, 4) is 0 Å². The number of hydrogen-bond acceptors (Lipinski definition) is 5. The molecule has 1 amide bonds. The number of nitrogens with zero attached hydrogens (tertiary/aromatic N) is 2. The molecular formula is C22H20F2N2O4. The topological polar surface area (TPSA) is 68.2 Å². The van der Waals surface area contributed by atoms with Crippen LogP contribution in [-0.2, 0) is 20.9 Å². The first-order valence-electron chi connectivity index (χ1n) is 9.12. The normalized spacial score (nSPS) is 16.2. The second-order valence-corrected chi connectivity index (χ2v) is 6.64. The standard InChI is InChI=1S/C22H20F2N2O4/c1-13-19(21(27)30-12-15-7-5-4-6-8-15)20(16-9-10-17(23)18(24)11-16)26(14(2)25-13)22(28)29-3/h4-11,20H,12H2,1-3H3. The summed E-state index contributed by atoms with van der Waals surface area (Å²) in [6.45, 7) is 3.14. The summed E-state index contributed by atoms with van der Waals surface area (Å²) < 4.78 is 37.7. The van der Waals surface area contributed by atoms with Crippen LogP contribution in [0.25, 0.3) is 0 Å². The third-order valence-electron chi connectivity index (χ3n) is 4.66. The van der Waals surface area contributed by atoms with E-state index < -0.39 is 29.7 Å². The third-order valence-corrected chi connectivity index (χ3v) is 4.66. The molecule has 1 heterocycles. The quantitative estimate of drug-likeness (QED) is 0.690. The second kappa shape index (κ2) is 8.86. The Bertz CT molecular complexity index is 1030. The average molecular weight is 414 g/mol. The van der Waals surface area contributed by atoms with E-state index in [0.29, 0.717) is 5.70 Å². The number of esters is 1. The van der Waals surface area contributed by atoms with Gasteiger partial charge in [-0.1, -0.05) is 36.4 Å². The number of amidine groups is 1. The highest BCUT2D eigenvalue weighted by molar-refractivity contribution is 6.01. The van der Waals surface area contributed by atoms with Crippen molar-refractivity contribution < 1.29 is 27.8 Å². The zero-order valence-corrected chi connectivity index (χ0v) is 16.7. The second-order valence-electron chi connectivity index (χ2n) is 6.64. The van der Waals surface area contributed by atoms with Gasteiger partial charge in [-0.15, -0.1) is 0 Å². The Labute approximate surface area is 172 Å². The van der Waals surface area contributed by atoms with E-state index >= 15 is 0 Å². The summed E-state index contributed by atoms with van der Waals surface area (Å²) in [6.07, 6.45) is -0.799. The van der Waals surface area contributed by atoms with E-state index in [0.717, 1.165) is 22.6 Å². The van der Waals surface area contributed by atoms with E-state index in [2.05, 4.69) is 4.99 Å². The molecule has 0 radical (unpaired) electrons. The SMILES string of the molecule is COC(=O)N1C(C)=NC(C)=C(C(=O)OCc2ccccc2)C1c1ccc(F)c(F)c1. The van der Waals surface area contributed by atoms with Crippen molar-refractivity contribution in [3.63, 3.8) is 0 Å². The van der Waals surface area contributed by atoms with Crippen molar-refractivity contribution in [2.24, 2.45) is 4.99 Å². The van der Waals surface area contributed by atoms with E-state index in [-0.39, 0.29) is 23.6 Å². The van der Waals surface area contributed by atoms with E-state index in [9.17, 15) is 18.4 Å². The first kappa shape index (κ1) is 21.2. The minimum atomic E-state index is -1.10. The van der Waals surface area contributed by atoms with Crippen LogP contribution in [0.4, 0.5) is 13.6 Å². The number of hydrogen-bond donors (Lipinski definition) is 0. The van der Waals surface area contributed by atoms with Crippen LogP contribution in [0, 0.1) is 11.6 Å². The molecule has 0 aliphatic carbocycles. The zero-order valence-electron chi connectivity index (χ0n) is 16.7. The van der Waals surface area contributed by atoms with Crippen molar-refractivity contribution in [2.45, 2.75) is 26.5 Å². The fourth-order valence-corrected chi connectivity index (χ4v) is 3.26. The van der Waals surface area contributed by atoms with Gasteiger partial charge in [0, 0.05) is 0 Å². The monoisotopic (exact) mass is 414 g/mol. The molecule has 1 aliphatic heterocycles. The highest BCUT2D eigenvalue weighted by Gasteiger charge is 2.39. The van der Waals surface area contributed by atoms with Gasteiger partial charge in [-0.25, -0.2) is 23.4 Å². The molecule has 1 atom stereocenters. The van der Waals surface area contributed by atoms with Gasteiger partial charge >= 0.3 is 12.1 Å². The van der Waals surface area contributed by atoms with Crippen molar-refractivity contribution >= 4 is 17.9 Å². The lowest BCUT2D eigenvalue weighted by Gasteiger charge is -2.35. The minimum Gasteiger partial charge on any atom is -0.457 e. The van der Waals surface area contributed by atoms with Gasteiger partial charge < -0.3 is 9.47 Å². The minimum absolute atomic E-state index is 0.00186. The maximum atomic E-state index is 14.0. The molecule has 156 valence electrons. The molecule has 3 rings (SSSR count). The molecule has 0 bridgehead atoms. The third kappa shape index (κ3) is 4.22.